The number of methoxy groups -OCH3 is 3. The van der Waals surface area contributed by atoms with Crippen LogP contribution in [0.3, 0.4) is 0 Å². The number of fused-ring (bicyclic) bond motifs is 1. The molecular formula is C23H20ClN3O4. The number of H-pyrrole nitrogens is 1. The number of rotatable bonds is 6. The number of ether oxygens (including phenoxy) is 3. The Labute approximate surface area is 183 Å². The predicted molar refractivity (Wildman–Crippen MR) is 121 cm³/mol. The molecule has 0 saturated heterocycles. The molecule has 7 nitrogen and oxygen atoms in total. The Hall–Kier alpha value is -3.71. The summed E-state index contributed by atoms with van der Waals surface area (Å²) >= 11 is 6.34. The van der Waals surface area contributed by atoms with Gasteiger partial charge in [0.2, 0.25) is 5.75 Å². The van der Waals surface area contributed by atoms with Crippen molar-refractivity contribution in [2.24, 2.45) is 0 Å². The molecule has 31 heavy (non-hydrogen) atoms. The van der Waals surface area contributed by atoms with Crippen LogP contribution in [-0.2, 0) is 0 Å². The fourth-order valence-corrected chi connectivity index (χ4v) is 3.43. The van der Waals surface area contributed by atoms with Gasteiger partial charge in [0.05, 0.1) is 43.1 Å². The number of carbonyl (C=O) groups is 1. The minimum atomic E-state index is -0.372. The Bertz CT molecular complexity index is 1210. The van der Waals surface area contributed by atoms with Gasteiger partial charge >= 0.3 is 0 Å². The van der Waals surface area contributed by atoms with Gasteiger partial charge in [-0.2, -0.15) is 0 Å². The minimum Gasteiger partial charge on any atom is -0.493 e. The zero-order valence-electron chi connectivity index (χ0n) is 17.2. The summed E-state index contributed by atoms with van der Waals surface area (Å²) in [7, 11) is 4.49. The maximum absolute atomic E-state index is 12.9. The van der Waals surface area contributed by atoms with E-state index in [0.717, 1.165) is 16.6 Å². The van der Waals surface area contributed by atoms with Crippen molar-refractivity contribution in [3.63, 3.8) is 0 Å². The van der Waals surface area contributed by atoms with E-state index in [-0.39, 0.29) is 5.91 Å². The quantitative estimate of drug-likeness (QED) is 0.435. The van der Waals surface area contributed by atoms with Crippen LogP contribution in [0.4, 0.5) is 5.69 Å². The summed E-state index contributed by atoms with van der Waals surface area (Å²) < 4.78 is 16.0. The molecule has 0 unspecified atom stereocenters. The van der Waals surface area contributed by atoms with Gasteiger partial charge in [0.1, 0.15) is 5.82 Å². The molecule has 158 valence electrons. The maximum atomic E-state index is 12.9. The summed E-state index contributed by atoms with van der Waals surface area (Å²) in [6, 6.07) is 16.2. The van der Waals surface area contributed by atoms with Gasteiger partial charge in [-0.3, -0.25) is 4.79 Å². The summed E-state index contributed by atoms with van der Waals surface area (Å²) in [6.45, 7) is 0. The van der Waals surface area contributed by atoms with Gasteiger partial charge in [-0.15, -0.1) is 0 Å². The molecular weight excluding hydrogens is 418 g/mol. The van der Waals surface area contributed by atoms with E-state index in [1.165, 1.54) is 21.3 Å². The first-order chi connectivity index (χ1) is 15.0. The second-order valence-corrected chi connectivity index (χ2v) is 7.07. The molecule has 4 aromatic rings. The molecule has 0 spiro atoms. The molecule has 0 aliphatic rings. The van der Waals surface area contributed by atoms with Gasteiger partial charge in [-0.1, -0.05) is 23.7 Å². The van der Waals surface area contributed by atoms with E-state index in [9.17, 15) is 4.79 Å². The average Bonchev–Trinajstić information content (AvgIpc) is 3.23. The summed E-state index contributed by atoms with van der Waals surface area (Å²) in [5.41, 5.74) is 3.37. The van der Waals surface area contributed by atoms with Crippen molar-refractivity contribution in [1.29, 1.82) is 0 Å². The van der Waals surface area contributed by atoms with Crippen molar-refractivity contribution in [3.8, 4) is 28.6 Å². The fraction of sp³-hybridized carbons (Fsp3) is 0.130. The number of hydrogen-bond donors (Lipinski definition) is 2. The molecule has 0 aliphatic heterocycles. The Balaban J connectivity index is 1.66. The molecule has 2 N–H and O–H groups in total. The van der Waals surface area contributed by atoms with E-state index in [1.807, 2.05) is 30.3 Å². The van der Waals surface area contributed by atoms with Crippen molar-refractivity contribution in [1.82, 2.24) is 9.97 Å². The largest absolute Gasteiger partial charge is 0.493 e. The van der Waals surface area contributed by atoms with Crippen LogP contribution in [0.25, 0.3) is 22.4 Å². The number of para-hydroxylation sites is 2. The topological polar surface area (TPSA) is 85.5 Å². The van der Waals surface area contributed by atoms with Crippen LogP contribution in [0.2, 0.25) is 5.02 Å². The van der Waals surface area contributed by atoms with E-state index in [4.69, 9.17) is 25.8 Å². The Morgan fingerprint density at radius 2 is 1.68 bits per heavy atom. The summed E-state index contributed by atoms with van der Waals surface area (Å²) in [5, 5.41) is 3.25. The Morgan fingerprint density at radius 1 is 0.968 bits per heavy atom. The average molecular weight is 438 g/mol. The van der Waals surface area contributed by atoms with Crippen molar-refractivity contribution >= 4 is 34.2 Å². The highest BCUT2D eigenvalue weighted by Crippen LogP contribution is 2.38. The number of halogens is 1. The van der Waals surface area contributed by atoms with Crippen LogP contribution in [-0.4, -0.2) is 37.2 Å². The van der Waals surface area contributed by atoms with Crippen LogP contribution in [0.1, 0.15) is 10.4 Å². The molecule has 4 rings (SSSR count). The number of aromatic amines is 1. The van der Waals surface area contributed by atoms with Gasteiger partial charge in [-0.25, -0.2) is 4.98 Å². The van der Waals surface area contributed by atoms with Gasteiger partial charge in [0.15, 0.2) is 11.5 Å². The zero-order valence-corrected chi connectivity index (χ0v) is 17.9. The van der Waals surface area contributed by atoms with E-state index >= 15 is 0 Å². The highest BCUT2D eigenvalue weighted by Gasteiger charge is 2.18. The third-order valence-corrected chi connectivity index (χ3v) is 5.13. The van der Waals surface area contributed by atoms with Crippen LogP contribution in [0.15, 0.2) is 54.6 Å². The fourth-order valence-electron chi connectivity index (χ4n) is 3.26. The number of aromatic nitrogens is 2. The molecule has 1 heterocycles. The van der Waals surface area contributed by atoms with Gasteiger partial charge in [0.25, 0.3) is 5.91 Å². The standard InChI is InChI=1S/C23H20ClN3O4/c1-29-19-11-14(12-20(30-2)21(19)31-3)23(28)27-18-10-13(8-9-15(18)24)22-25-16-6-4-5-7-17(16)26-22/h4-12H,1-3H3,(H,25,26)(H,27,28). The molecule has 0 atom stereocenters. The molecule has 1 amide bonds. The predicted octanol–water partition coefficient (Wildman–Crippen LogP) is 5.16. The Kier molecular flexibility index (Phi) is 5.68. The summed E-state index contributed by atoms with van der Waals surface area (Å²) in [5.74, 6) is 1.48. The second-order valence-electron chi connectivity index (χ2n) is 6.67. The first-order valence-corrected chi connectivity index (χ1v) is 9.78. The molecule has 3 aromatic carbocycles. The van der Waals surface area contributed by atoms with Crippen molar-refractivity contribution in [3.05, 3.63) is 65.2 Å². The number of benzene rings is 3. The molecule has 0 aliphatic carbocycles. The Morgan fingerprint density at radius 3 is 2.32 bits per heavy atom. The first-order valence-electron chi connectivity index (χ1n) is 9.40. The number of nitrogens with zero attached hydrogens (tertiary/aromatic N) is 1. The number of imidazole rings is 1. The van der Waals surface area contributed by atoms with Crippen LogP contribution in [0, 0.1) is 0 Å². The van der Waals surface area contributed by atoms with Crippen molar-refractivity contribution < 1.29 is 19.0 Å². The lowest BCUT2D eigenvalue weighted by molar-refractivity contribution is 0.102. The minimum absolute atomic E-state index is 0.333. The number of carbonyl (C=O) groups excluding carboxylic acids is 1. The number of anilines is 1. The lowest BCUT2D eigenvalue weighted by atomic mass is 10.1. The lowest BCUT2D eigenvalue weighted by Gasteiger charge is -2.14. The zero-order chi connectivity index (χ0) is 22.0. The van der Waals surface area contributed by atoms with Crippen molar-refractivity contribution in [2.75, 3.05) is 26.6 Å². The van der Waals surface area contributed by atoms with E-state index in [2.05, 4.69) is 15.3 Å². The van der Waals surface area contributed by atoms with Gasteiger partial charge in [0, 0.05) is 11.1 Å². The molecule has 0 bridgehead atoms. The monoisotopic (exact) mass is 437 g/mol. The molecule has 0 saturated carbocycles. The van der Waals surface area contributed by atoms with Gasteiger partial charge < -0.3 is 24.5 Å². The van der Waals surface area contributed by atoms with Crippen LogP contribution < -0.4 is 19.5 Å². The molecule has 0 radical (unpaired) electrons. The highest BCUT2D eigenvalue weighted by atomic mass is 35.5. The molecule has 0 fully saturated rings. The second kappa shape index (κ2) is 8.57. The van der Waals surface area contributed by atoms with Crippen LogP contribution >= 0.6 is 11.6 Å². The summed E-state index contributed by atoms with van der Waals surface area (Å²) in [4.78, 5) is 20.8. The number of amides is 1. The summed E-state index contributed by atoms with van der Waals surface area (Å²) in [6.07, 6.45) is 0. The number of hydrogen-bond acceptors (Lipinski definition) is 5. The third-order valence-electron chi connectivity index (χ3n) is 4.80. The maximum Gasteiger partial charge on any atom is 0.255 e. The number of nitrogens with one attached hydrogen (secondary N) is 2. The first kappa shape index (κ1) is 20.6. The SMILES string of the molecule is COc1cc(C(=O)Nc2cc(-c3nc4ccccc4[nH]3)ccc2Cl)cc(OC)c1OC. The van der Waals surface area contributed by atoms with E-state index in [0.29, 0.717) is 39.3 Å². The highest BCUT2D eigenvalue weighted by molar-refractivity contribution is 6.34. The van der Waals surface area contributed by atoms with Crippen LogP contribution in [0.5, 0.6) is 17.2 Å². The normalized spacial score (nSPS) is 10.7. The van der Waals surface area contributed by atoms with E-state index < -0.39 is 0 Å². The lowest BCUT2D eigenvalue weighted by Crippen LogP contribution is -2.13. The molecule has 8 heteroatoms. The third kappa shape index (κ3) is 4.00. The smallest absolute Gasteiger partial charge is 0.255 e. The van der Waals surface area contributed by atoms with Gasteiger partial charge in [-0.05, 0) is 42.5 Å². The van der Waals surface area contributed by atoms with Crippen molar-refractivity contribution in [2.45, 2.75) is 0 Å². The van der Waals surface area contributed by atoms with E-state index in [1.54, 1.807) is 24.3 Å². The molecule has 1 aromatic heterocycles.